The zero-order valence-electron chi connectivity index (χ0n) is 9.83. The van der Waals surface area contributed by atoms with Crippen molar-refractivity contribution >= 4 is 16.9 Å². The van der Waals surface area contributed by atoms with Crippen LogP contribution in [0.1, 0.15) is 11.4 Å². The van der Waals surface area contributed by atoms with E-state index >= 15 is 0 Å². The molecule has 4 nitrogen and oxygen atoms in total. The summed E-state index contributed by atoms with van der Waals surface area (Å²) in [7, 11) is 0. The van der Waals surface area contributed by atoms with Gasteiger partial charge >= 0.3 is 0 Å². The number of benzene rings is 1. The van der Waals surface area contributed by atoms with Crippen LogP contribution in [0.2, 0.25) is 0 Å². The largest absolute Gasteiger partial charge is 0.369 e. The van der Waals surface area contributed by atoms with Crippen molar-refractivity contribution in [2.45, 2.75) is 13.8 Å². The maximum atomic E-state index is 5.70. The van der Waals surface area contributed by atoms with Crippen molar-refractivity contribution < 1.29 is 0 Å². The van der Waals surface area contributed by atoms with Gasteiger partial charge in [0.1, 0.15) is 0 Å². The van der Waals surface area contributed by atoms with Crippen LogP contribution in [0, 0.1) is 13.8 Å². The second-order valence-electron chi connectivity index (χ2n) is 4.27. The summed E-state index contributed by atoms with van der Waals surface area (Å²) in [6.07, 6.45) is 0. The average Bonchev–Trinajstić information content (AvgIpc) is 2.77. The van der Waals surface area contributed by atoms with Gasteiger partial charge in [-0.3, -0.25) is 0 Å². The lowest BCUT2D eigenvalue weighted by Crippen LogP contribution is -1.86. The molecule has 1 aromatic carbocycles. The molecule has 2 heterocycles. The first-order chi connectivity index (χ1) is 8.16. The second kappa shape index (κ2) is 3.38. The van der Waals surface area contributed by atoms with Gasteiger partial charge in [0, 0.05) is 27.9 Å². The minimum absolute atomic E-state index is 0.460. The van der Waals surface area contributed by atoms with Crippen LogP contribution < -0.4 is 5.73 Å². The molecule has 0 amide bonds. The van der Waals surface area contributed by atoms with Crippen molar-refractivity contribution in [2.24, 2.45) is 0 Å². The Labute approximate surface area is 98.9 Å². The molecule has 17 heavy (non-hydrogen) atoms. The van der Waals surface area contributed by atoms with Gasteiger partial charge in [0.25, 0.3) is 0 Å². The molecule has 0 saturated heterocycles. The third-order valence-electron chi connectivity index (χ3n) is 3.03. The molecule has 0 spiro atoms. The van der Waals surface area contributed by atoms with Crippen LogP contribution in [0.25, 0.3) is 22.2 Å². The van der Waals surface area contributed by atoms with Crippen LogP contribution in [0.5, 0.6) is 0 Å². The molecule has 3 rings (SSSR count). The van der Waals surface area contributed by atoms with E-state index in [9.17, 15) is 0 Å². The number of anilines is 1. The van der Waals surface area contributed by atoms with E-state index in [0.29, 0.717) is 5.95 Å². The minimum Gasteiger partial charge on any atom is -0.369 e. The molecule has 3 aromatic rings. The maximum absolute atomic E-state index is 5.70. The van der Waals surface area contributed by atoms with Crippen molar-refractivity contribution in [1.29, 1.82) is 0 Å². The number of aromatic amines is 2. The fourth-order valence-corrected chi connectivity index (χ4v) is 2.31. The van der Waals surface area contributed by atoms with Crippen molar-refractivity contribution in [3.63, 3.8) is 0 Å². The number of imidazole rings is 1. The molecular weight excluding hydrogens is 212 g/mol. The number of rotatable bonds is 1. The van der Waals surface area contributed by atoms with Crippen molar-refractivity contribution in [3.05, 3.63) is 35.7 Å². The van der Waals surface area contributed by atoms with Gasteiger partial charge < -0.3 is 15.7 Å². The molecule has 4 N–H and O–H groups in total. The third-order valence-corrected chi connectivity index (χ3v) is 3.03. The molecule has 4 heteroatoms. The SMILES string of the molecule is Cc1[nH]c(N)nc1-c1c(C)[nH]c2ccccc12. The number of nitrogens with zero attached hydrogens (tertiary/aromatic N) is 1. The Hall–Kier alpha value is -2.23. The van der Waals surface area contributed by atoms with Gasteiger partial charge in [-0.25, -0.2) is 4.98 Å². The van der Waals surface area contributed by atoms with Gasteiger partial charge in [-0.1, -0.05) is 18.2 Å². The van der Waals surface area contributed by atoms with Gasteiger partial charge in [0.2, 0.25) is 0 Å². The maximum Gasteiger partial charge on any atom is 0.198 e. The lowest BCUT2D eigenvalue weighted by atomic mass is 10.1. The predicted octanol–water partition coefficient (Wildman–Crippen LogP) is 2.76. The Bertz CT molecular complexity index is 691. The fourth-order valence-electron chi connectivity index (χ4n) is 2.31. The number of hydrogen-bond acceptors (Lipinski definition) is 2. The summed E-state index contributed by atoms with van der Waals surface area (Å²) in [5, 5.41) is 1.18. The first-order valence-electron chi connectivity index (χ1n) is 5.56. The first-order valence-corrected chi connectivity index (χ1v) is 5.56. The minimum atomic E-state index is 0.460. The summed E-state index contributed by atoms with van der Waals surface area (Å²) in [6, 6.07) is 8.22. The molecule has 0 saturated carbocycles. The number of nitrogens with one attached hydrogen (secondary N) is 2. The van der Waals surface area contributed by atoms with Gasteiger partial charge in [-0.05, 0) is 19.9 Å². The molecule has 0 atom stereocenters. The van der Waals surface area contributed by atoms with Gasteiger partial charge in [-0.2, -0.15) is 0 Å². The number of nitrogens with two attached hydrogens (primary N) is 1. The summed E-state index contributed by atoms with van der Waals surface area (Å²) < 4.78 is 0. The van der Waals surface area contributed by atoms with E-state index in [1.807, 2.05) is 19.1 Å². The molecule has 0 aliphatic heterocycles. The molecular formula is C13H14N4. The molecule has 0 unspecified atom stereocenters. The van der Waals surface area contributed by atoms with Crippen molar-refractivity contribution in [1.82, 2.24) is 15.0 Å². The summed E-state index contributed by atoms with van der Waals surface area (Å²) in [6.45, 7) is 4.04. The van der Waals surface area contributed by atoms with Crippen LogP contribution in [0.3, 0.4) is 0 Å². The van der Waals surface area contributed by atoms with Crippen LogP contribution in [-0.4, -0.2) is 15.0 Å². The molecule has 0 fully saturated rings. The van der Waals surface area contributed by atoms with Gasteiger partial charge in [0.05, 0.1) is 5.69 Å². The Morgan fingerprint density at radius 1 is 1.06 bits per heavy atom. The fraction of sp³-hybridized carbons (Fsp3) is 0.154. The number of H-pyrrole nitrogens is 2. The molecule has 86 valence electrons. The summed E-state index contributed by atoms with van der Waals surface area (Å²) in [5.74, 6) is 0.460. The average molecular weight is 226 g/mol. The lowest BCUT2D eigenvalue weighted by molar-refractivity contribution is 1.26. The number of hydrogen-bond donors (Lipinski definition) is 3. The summed E-state index contributed by atoms with van der Waals surface area (Å²) in [5.41, 5.74) is 11.0. The predicted molar refractivity (Wildman–Crippen MR) is 69.8 cm³/mol. The standard InChI is InChI=1S/C13H14N4/c1-7-11(12-8(2)16-13(14)17-12)9-5-3-4-6-10(9)15-7/h3-6,15H,1-2H3,(H3,14,16,17). The quantitative estimate of drug-likeness (QED) is 0.597. The van der Waals surface area contributed by atoms with Crippen molar-refractivity contribution in [3.8, 4) is 11.3 Å². The lowest BCUT2D eigenvalue weighted by Gasteiger charge is -1.98. The van der Waals surface area contributed by atoms with E-state index in [-0.39, 0.29) is 0 Å². The number of nitrogen functional groups attached to an aromatic ring is 1. The van der Waals surface area contributed by atoms with E-state index in [4.69, 9.17) is 5.73 Å². The second-order valence-corrected chi connectivity index (χ2v) is 4.27. The monoisotopic (exact) mass is 226 g/mol. The van der Waals surface area contributed by atoms with E-state index in [1.165, 1.54) is 5.39 Å². The molecule has 2 aromatic heterocycles. The molecule has 0 aliphatic rings. The smallest absolute Gasteiger partial charge is 0.198 e. The van der Waals surface area contributed by atoms with Gasteiger partial charge in [-0.15, -0.1) is 0 Å². The molecule has 0 aliphatic carbocycles. The highest BCUT2D eigenvalue weighted by Gasteiger charge is 2.15. The topological polar surface area (TPSA) is 70.5 Å². The highest BCUT2D eigenvalue weighted by Crippen LogP contribution is 2.32. The number of para-hydroxylation sites is 1. The van der Waals surface area contributed by atoms with E-state index in [0.717, 1.165) is 28.2 Å². The van der Waals surface area contributed by atoms with Crippen LogP contribution in [0.4, 0.5) is 5.95 Å². The first kappa shape index (κ1) is 9.96. The Morgan fingerprint density at radius 2 is 1.82 bits per heavy atom. The summed E-state index contributed by atoms with van der Waals surface area (Å²) >= 11 is 0. The Kier molecular flexibility index (Phi) is 1.98. The number of fused-ring (bicyclic) bond motifs is 1. The zero-order valence-corrected chi connectivity index (χ0v) is 9.83. The van der Waals surface area contributed by atoms with Crippen LogP contribution in [0.15, 0.2) is 24.3 Å². The normalized spacial score (nSPS) is 11.2. The highest BCUT2D eigenvalue weighted by molar-refractivity contribution is 5.97. The van der Waals surface area contributed by atoms with Crippen LogP contribution in [-0.2, 0) is 0 Å². The number of aromatic nitrogens is 3. The van der Waals surface area contributed by atoms with E-state index < -0.39 is 0 Å². The number of aryl methyl sites for hydroxylation is 2. The molecule has 0 bridgehead atoms. The Morgan fingerprint density at radius 3 is 2.53 bits per heavy atom. The van der Waals surface area contributed by atoms with Crippen molar-refractivity contribution in [2.75, 3.05) is 5.73 Å². The summed E-state index contributed by atoms with van der Waals surface area (Å²) in [4.78, 5) is 10.8. The van der Waals surface area contributed by atoms with Gasteiger partial charge in [0.15, 0.2) is 5.95 Å². The Balaban J connectivity index is 2.37. The highest BCUT2D eigenvalue weighted by atomic mass is 15.0. The zero-order chi connectivity index (χ0) is 12.0. The van der Waals surface area contributed by atoms with E-state index in [2.05, 4.69) is 34.0 Å². The third kappa shape index (κ3) is 1.41. The van der Waals surface area contributed by atoms with E-state index in [1.54, 1.807) is 0 Å². The van der Waals surface area contributed by atoms with Crippen LogP contribution >= 0.6 is 0 Å². The molecule has 0 radical (unpaired) electrons.